The van der Waals surface area contributed by atoms with E-state index in [2.05, 4.69) is 20.8 Å². The van der Waals surface area contributed by atoms with Crippen LogP contribution in [0.5, 0.6) is 5.75 Å². The zero-order chi connectivity index (χ0) is 15.4. The van der Waals surface area contributed by atoms with Gasteiger partial charge in [-0.3, -0.25) is 9.89 Å². The highest BCUT2D eigenvalue weighted by Crippen LogP contribution is 2.15. The van der Waals surface area contributed by atoms with Crippen molar-refractivity contribution >= 4 is 18.3 Å². The van der Waals surface area contributed by atoms with Gasteiger partial charge in [0.05, 0.1) is 6.54 Å². The second kappa shape index (κ2) is 7.94. The molecule has 3 rings (SSSR count). The summed E-state index contributed by atoms with van der Waals surface area (Å²) in [5.41, 5.74) is 2.36. The zero-order valence-electron chi connectivity index (χ0n) is 12.4. The number of carbonyl (C=O) groups excluding carboxylic acids is 1. The number of amides is 1. The number of aromatic nitrogens is 2. The molecule has 0 aliphatic carbocycles. The quantitative estimate of drug-likeness (QED) is 0.719. The highest BCUT2D eigenvalue weighted by Gasteiger charge is 2.21. The number of hydrogen-bond acceptors (Lipinski definition) is 4. The van der Waals surface area contributed by atoms with E-state index in [1.807, 2.05) is 0 Å². The Morgan fingerprint density at radius 2 is 2.30 bits per heavy atom. The lowest BCUT2D eigenvalue weighted by atomic mass is 10.1. The largest absolute Gasteiger partial charge is 0.492 e. The lowest BCUT2D eigenvalue weighted by Crippen LogP contribution is -2.31. The van der Waals surface area contributed by atoms with Crippen LogP contribution in [-0.2, 0) is 13.0 Å². The Labute approximate surface area is 139 Å². The highest BCUT2D eigenvalue weighted by atomic mass is 35.5. The molecule has 23 heavy (non-hydrogen) atoms. The number of H-pyrrole nitrogens is 1. The van der Waals surface area contributed by atoms with Crippen molar-refractivity contribution in [2.24, 2.45) is 0 Å². The van der Waals surface area contributed by atoms with E-state index in [1.54, 1.807) is 12.1 Å². The minimum atomic E-state index is -0.350. The minimum Gasteiger partial charge on any atom is -0.492 e. The first kappa shape index (κ1) is 17.2. The summed E-state index contributed by atoms with van der Waals surface area (Å²) in [5.74, 6) is -0.142. The molecule has 0 radical (unpaired) electrons. The SMILES string of the molecule is Cl.O=C(NCCOc1cccc(F)c1)c1n[nH]c2c1CNCC2. The Morgan fingerprint density at radius 3 is 3.13 bits per heavy atom. The smallest absolute Gasteiger partial charge is 0.272 e. The normalized spacial score (nSPS) is 12.9. The highest BCUT2D eigenvalue weighted by molar-refractivity contribution is 5.94. The van der Waals surface area contributed by atoms with Gasteiger partial charge >= 0.3 is 0 Å². The molecule has 1 aromatic carbocycles. The van der Waals surface area contributed by atoms with Crippen molar-refractivity contribution < 1.29 is 13.9 Å². The number of nitrogens with one attached hydrogen (secondary N) is 3. The molecule has 3 N–H and O–H groups in total. The van der Waals surface area contributed by atoms with Gasteiger partial charge in [-0.1, -0.05) is 6.07 Å². The molecule has 1 aliphatic heterocycles. The number of fused-ring (bicyclic) bond motifs is 1. The van der Waals surface area contributed by atoms with Crippen LogP contribution in [0.2, 0.25) is 0 Å². The maximum atomic E-state index is 13.0. The monoisotopic (exact) mass is 340 g/mol. The molecule has 0 unspecified atom stereocenters. The second-order valence-electron chi connectivity index (χ2n) is 5.02. The molecule has 0 atom stereocenters. The van der Waals surface area contributed by atoms with E-state index in [4.69, 9.17) is 4.74 Å². The summed E-state index contributed by atoms with van der Waals surface area (Å²) in [4.78, 5) is 12.1. The molecular weight excluding hydrogens is 323 g/mol. The predicted octanol–water partition coefficient (Wildman–Crippen LogP) is 1.43. The van der Waals surface area contributed by atoms with E-state index < -0.39 is 0 Å². The topological polar surface area (TPSA) is 79.0 Å². The molecule has 1 amide bonds. The maximum Gasteiger partial charge on any atom is 0.272 e. The van der Waals surface area contributed by atoms with E-state index in [0.717, 1.165) is 24.2 Å². The number of nitrogens with zero attached hydrogens (tertiary/aromatic N) is 1. The van der Waals surface area contributed by atoms with Crippen molar-refractivity contribution in [3.8, 4) is 5.75 Å². The molecular formula is C15H18ClFN4O2. The summed E-state index contributed by atoms with van der Waals surface area (Å²) in [6.45, 7) is 2.12. The number of rotatable bonds is 5. The molecule has 6 nitrogen and oxygen atoms in total. The van der Waals surface area contributed by atoms with Crippen LogP contribution in [0, 0.1) is 5.82 Å². The summed E-state index contributed by atoms with van der Waals surface area (Å²) in [6, 6.07) is 5.90. The van der Waals surface area contributed by atoms with E-state index in [1.165, 1.54) is 12.1 Å². The minimum absolute atomic E-state index is 0. The Bertz CT molecular complexity index is 677. The summed E-state index contributed by atoms with van der Waals surface area (Å²) in [5, 5.41) is 13.0. The summed E-state index contributed by atoms with van der Waals surface area (Å²) in [7, 11) is 0. The average Bonchev–Trinajstić information content (AvgIpc) is 2.95. The molecule has 0 fully saturated rings. The van der Waals surface area contributed by atoms with Gasteiger partial charge in [-0.05, 0) is 12.1 Å². The molecule has 1 aliphatic rings. The molecule has 2 heterocycles. The first-order valence-electron chi connectivity index (χ1n) is 7.17. The Balaban J connectivity index is 0.00000192. The van der Waals surface area contributed by atoms with Crippen LogP contribution in [0.3, 0.4) is 0 Å². The van der Waals surface area contributed by atoms with Crippen LogP contribution in [0.15, 0.2) is 24.3 Å². The summed E-state index contributed by atoms with van der Waals surface area (Å²) in [6.07, 6.45) is 0.846. The molecule has 8 heteroatoms. The van der Waals surface area contributed by atoms with Crippen LogP contribution in [0.1, 0.15) is 21.7 Å². The number of carbonyl (C=O) groups is 1. The molecule has 2 aromatic rings. The number of benzene rings is 1. The van der Waals surface area contributed by atoms with Crippen LogP contribution in [0.25, 0.3) is 0 Å². The van der Waals surface area contributed by atoms with Crippen LogP contribution in [0.4, 0.5) is 4.39 Å². The number of aromatic amines is 1. The fraction of sp³-hybridized carbons (Fsp3) is 0.333. The van der Waals surface area contributed by atoms with Gasteiger partial charge in [0.1, 0.15) is 18.2 Å². The van der Waals surface area contributed by atoms with E-state index in [0.29, 0.717) is 24.5 Å². The molecule has 124 valence electrons. The van der Waals surface area contributed by atoms with Gasteiger partial charge in [-0.15, -0.1) is 12.4 Å². The van der Waals surface area contributed by atoms with E-state index in [9.17, 15) is 9.18 Å². The van der Waals surface area contributed by atoms with Crippen molar-refractivity contribution in [2.45, 2.75) is 13.0 Å². The Morgan fingerprint density at radius 1 is 1.43 bits per heavy atom. The third kappa shape index (κ3) is 4.20. The van der Waals surface area contributed by atoms with Crippen LogP contribution >= 0.6 is 12.4 Å². The summed E-state index contributed by atoms with van der Waals surface area (Å²) >= 11 is 0. The van der Waals surface area contributed by atoms with Crippen LogP contribution < -0.4 is 15.4 Å². The number of halogens is 2. The van der Waals surface area contributed by atoms with Crippen molar-refractivity contribution in [3.05, 3.63) is 47.0 Å². The Hall–Kier alpha value is -2.12. The lowest BCUT2D eigenvalue weighted by molar-refractivity contribution is 0.0940. The van der Waals surface area contributed by atoms with Crippen molar-refractivity contribution in [1.29, 1.82) is 0 Å². The second-order valence-corrected chi connectivity index (χ2v) is 5.02. The third-order valence-electron chi connectivity index (χ3n) is 3.47. The summed E-state index contributed by atoms with van der Waals surface area (Å²) < 4.78 is 18.4. The van der Waals surface area contributed by atoms with Gasteiger partial charge in [0.2, 0.25) is 0 Å². The van der Waals surface area contributed by atoms with Gasteiger partial charge in [-0.2, -0.15) is 5.10 Å². The van der Waals surface area contributed by atoms with Crippen molar-refractivity contribution in [3.63, 3.8) is 0 Å². The van der Waals surface area contributed by atoms with Crippen LogP contribution in [-0.4, -0.2) is 35.8 Å². The zero-order valence-corrected chi connectivity index (χ0v) is 13.2. The molecule has 0 saturated heterocycles. The Kier molecular flexibility index (Phi) is 5.95. The molecule has 1 aromatic heterocycles. The van der Waals surface area contributed by atoms with Gasteiger partial charge in [0.25, 0.3) is 5.91 Å². The molecule has 0 spiro atoms. The van der Waals surface area contributed by atoms with Crippen molar-refractivity contribution in [1.82, 2.24) is 20.8 Å². The molecule has 0 saturated carbocycles. The predicted molar refractivity (Wildman–Crippen MR) is 85.5 cm³/mol. The van der Waals surface area contributed by atoms with Crippen molar-refractivity contribution in [2.75, 3.05) is 19.7 Å². The number of ether oxygens (including phenoxy) is 1. The van der Waals surface area contributed by atoms with Gasteiger partial charge in [-0.25, -0.2) is 4.39 Å². The first-order valence-corrected chi connectivity index (χ1v) is 7.17. The molecule has 0 bridgehead atoms. The van der Waals surface area contributed by atoms with E-state index in [-0.39, 0.29) is 30.7 Å². The third-order valence-corrected chi connectivity index (χ3v) is 3.47. The first-order chi connectivity index (χ1) is 10.7. The maximum absolute atomic E-state index is 13.0. The average molecular weight is 341 g/mol. The van der Waals surface area contributed by atoms with E-state index >= 15 is 0 Å². The van der Waals surface area contributed by atoms with Gasteiger partial charge in [0, 0.05) is 36.8 Å². The standard InChI is InChI=1S/C15H17FN4O2.ClH/c16-10-2-1-3-11(8-10)22-7-6-18-15(21)14-12-9-17-5-4-13(12)19-20-14;/h1-3,8,17H,4-7,9H2,(H,18,21)(H,19,20);1H. The fourth-order valence-corrected chi connectivity index (χ4v) is 2.39. The number of hydrogen-bond donors (Lipinski definition) is 3. The lowest BCUT2D eigenvalue weighted by Gasteiger charge is -2.13. The fourth-order valence-electron chi connectivity index (χ4n) is 2.39. The van der Waals surface area contributed by atoms with Gasteiger partial charge < -0.3 is 15.4 Å². The van der Waals surface area contributed by atoms with Gasteiger partial charge in [0.15, 0.2) is 5.69 Å².